The van der Waals surface area contributed by atoms with E-state index >= 15 is 0 Å². The molecule has 126 valence electrons. The molecule has 0 aliphatic heterocycles. The molecule has 25 heavy (non-hydrogen) atoms. The maximum absolute atomic E-state index is 12.8. The fourth-order valence-electron chi connectivity index (χ4n) is 2.11. The minimum Gasteiger partial charge on any atom is -0.347 e. The molecule has 0 bridgehead atoms. The van der Waals surface area contributed by atoms with Crippen molar-refractivity contribution in [3.8, 4) is 0 Å². The molecule has 5 nitrogen and oxygen atoms in total. The molecule has 2 aromatic carbocycles. The van der Waals surface area contributed by atoms with Crippen LogP contribution in [0, 0.1) is 5.82 Å². The molecular formula is C18H14ClFN4O. The van der Waals surface area contributed by atoms with Crippen LogP contribution in [0.15, 0.2) is 60.7 Å². The summed E-state index contributed by atoms with van der Waals surface area (Å²) in [5, 5.41) is 14.2. The number of anilines is 2. The molecule has 1 amide bonds. The predicted molar refractivity (Wildman–Crippen MR) is 94.3 cm³/mol. The number of halogens is 2. The van der Waals surface area contributed by atoms with E-state index in [1.807, 2.05) is 12.1 Å². The maximum Gasteiger partial charge on any atom is 0.272 e. The van der Waals surface area contributed by atoms with Gasteiger partial charge in [-0.25, -0.2) is 4.39 Å². The highest BCUT2D eigenvalue weighted by Crippen LogP contribution is 2.18. The summed E-state index contributed by atoms with van der Waals surface area (Å²) >= 11 is 5.92. The van der Waals surface area contributed by atoms with Crippen LogP contribution in [0.5, 0.6) is 0 Å². The molecule has 0 aliphatic carbocycles. The summed E-state index contributed by atoms with van der Waals surface area (Å²) < 4.78 is 12.8. The largest absolute Gasteiger partial charge is 0.347 e. The van der Waals surface area contributed by atoms with Gasteiger partial charge in [-0.3, -0.25) is 4.79 Å². The standard InChI is InChI=1S/C18H14ClFN4O/c19-13-2-1-3-15(10-13)22-17-9-8-16(23-24-17)18(25)21-11-12-4-6-14(20)7-5-12/h1-10H,11H2,(H,21,25)(H,22,24). The molecule has 0 saturated heterocycles. The van der Waals surface area contributed by atoms with E-state index in [0.717, 1.165) is 11.3 Å². The highest BCUT2D eigenvalue weighted by molar-refractivity contribution is 6.30. The van der Waals surface area contributed by atoms with Crippen molar-refractivity contribution < 1.29 is 9.18 Å². The zero-order valence-electron chi connectivity index (χ0n) is 13.0. The molecule has 0 atom stereocenters. The number of rotatable bonds is 5. The van der Waals surface area contributed by atoms with Crippen LogP contribution >= 0.6 is 11.6 Å². The second kappa shape index (κ2) is 7.72. The number of hydrogen-bond donors (Lipinski definition) is 2. The molecule has 3 aromatic rings. The highest BCUT2D eigenvalue weighted by Gasteiger charge is 2.08. The van der Waals surface area contributed by atoms with Gasteiger partial charge in [0.05, 0.1) is 0 Å². The Morgan fingerprint density at radius 2 is 1.84 bits per heavy atom. The normalized spacial score (nSPS) is 10.3. The van der Waals surface area contributed by atoms with Gasteiger partial charge in [-0.05, 0) is 48.0 Å². The second-order valence-corrected chi connectivity index (χ2v) is 5.68. The molecule has 7 heteroatoms. The average molecular weight is 357 g/mol. The SMILES string of the molecule is O=C(NCc1ccc(F)cc1)c1ccc(Nc2cccc(Cl)c2)nn1. The molecule has 0 saturated carbocycles. The van der Waals surface area contributed by atoms with Gasteiger partial charge in [0.2, 0.25) is 0 Å². The van der Waals surface area contributed by atoms with Crippen molar-refractivity contribution >= 4 is 29.0 Å². The quantitative estimate of drug-likeness (QED) is 0.726. The molecule has 1 heterocycles. The lowest BCUT2D eigenvalue weighted by atomic mass is 10.2. The molecule has 0 spiro atoms. The number of carbonyl (C=O) groups is 1. The summed E-state index contributed by atoms with van der Waals surface area (Å²) in [7, 11) is 0. The highest BCUT2D eigenvalue weighted by atomic mass is 35.5. The van der Waals surface area contributed by atoms with Crippen molar-refractivity contribution in [3.63, 3.8) is 0 Å². The van der Waals surface area contributed by atoms with Gasteiger partial charge in [0.25, 0.3) is 5.91 Å². The van der Waals surface area contributed by atoms with Gasteiger partial charge in [-0.15, -0.1) is 10.2 Å². The van der Waals surface area contributed by atoms with Crippen LogP contribution in [0.3, 0.4) is 0 Å². The minimum atomic E-state index is -0.355. The Kier molecular flexibility index (Phi) is 5.20. The van der Waals surface area contributed by atoms with Crippen molar-refractivity contribution in [1.82, 2.24) is 15.5 Å². The van der Waals surface area contributed by atoms with Crippen LogP contribution in [0.1, 0.15) is 16.1 Å². The number of hydrogen-bond acceptors (Lipinski definition) is 4. The summed E-state index contributed by atoms with van der Waals surface area (Å²) in [5.74, 6) is -0.174. The number of amides is 1. The first kappa shape index (κ1) is 16.9. The third kappa shape index (κ3) is 4.74. The van der Waals surface area contributed by atoms with Crippen LogP contribution in [0.4, 0.5) is 15.9 Å². The zero-order valence-corrected chi connectivity index (χ0v) is 13.8. The fraction of sp³-hybridized carbons (Fsp3) is 0.0556. The monoisotopic (exact) mass is 356 g/mol. The molecule has 2 N–H and O–H groups in total. The average Bonchev–Trinajstić information content (AvgIpc) is 2.62. The van der Waals surface area contributed by atoms with Gasteiger partial charge in [-0.1, -0.05) is 29.8 Å². The minimum absolute atomic E-state index is 0.193. The van der Waals surface area contributed by atoms with E-state index in [4.69, 9.17) is 11.6 Å². The smallest absolute Gasteiger partial charge is 0.272 e. The third-order valence-electron chi connectivity index (χ3n) is 3.36. The first-order valence-electron chi connectivity index (χ1n) is 7.49. The van der Waals surface area contributed by atoms with E-state index in [0.29, 0.717) is 10.8 Å². The molecular weight excluding hydrogens is 343 g/mol. The Balaban J connectivity index is 1.59. The van der Waals surface area contributed by atoms with Crippen molar-refractivity contribution in [1.29, 1.82) is 0 Å². The number of aromatic nitrogens is 2. The van der Waals surface area contributed by atoms with Gasteiger partial charge < -0.3 is 10.6 Å². The van der Waals surface area contributed by atoms with E-state index < -0.39 is 0 Å². The molecule has 0 unspecified atom stereocenters. The fourth-order valence-corrected chi connectivity index (χ4v) is 2.30. The van der Waals surface area contributed by atoms with Gasteiger partial charge in [0, 0.05) is 17.3 Å². The molecule has 0 radical (unpaired) electrons. The third-order valence-corrected chi connectivity index (χ3v) is 3.60. The van der Waals surface area contributed by atoms with Crippen molar-refractivity contribution in [3.05, 3.63) is 82.8 Å². The molecule has 3 rings (SSSR count). The lowest BCUT2D eigenvalue weighted by Crippen LogP contribution is -2.24. The first-order chi connectivity index (χ1) is 12.1. The van der Waals surface area contributed by atoms with E-state index in [-0.39, 0.29) is 24.0 Å². The van der Waals surface area contributed by atoms with Gasteiger partial charge in [-0.2, -0.15) is 0 Å². The lowest BCUT2D eigenvalue weighted by Gasteiger charge is -2.07. The Hall–Kier alpha value is -2.99. The topological polar surface area (TPSA) is 66.9 Å². The van der Waals surface area contributed by atoms with Gasteiger partial charge in [0.1, 0.15) is 5.82 Å². The Morgan fingerprint density at radius 3 is 2.52 bits per heavy atom. The van der Waals surface area contributed by atoms with Crippen LogP contribution in [-0.4, -0.2) is 16.1 Å². The van der Waals surface area contributed by atoms with Crippen LogP contribution in [0.25, 0.3) is 0 Å². The lowest BCUT2D eigenvalue weighted by molar-refractivity contribution is 0.0945. The zero-order chi connectivity index (χ0) is 17.6. The number of benzene rings is 2. The molecule has 0 fully saturated rings. The van der Waals surface area contributed by atoms with E-state index in [9.17, 15) is 9.18 Å². The molecule has 1 aromatic heterocycles. The van der Waals surface area contributed by atoms with Crippen molar-refractivity contribution in [2.24, 2.45) is 0 Å². The Bertz CT molecular complexity index is 869. The number of carbonyl (C=O) groups excluding carboxylic acids is 1. The van der Waals surface area contributed by atoms with Crippen LogP contribution < -0.4 is 10.6 Å². The predicted octanol–water partition coefficient (Wildman–Crippen LogP) is 3.94. The van der Waals surface area contributed by atoms with E-state index in [2.05, 4.69) is 20.8 Å². The van der Waals surface area contributed by atoms with Gasteiger partial charge >= 0.3 is 0 Å². The number of nitrogens with zero attached hydrogens (tertiary/aromatic N) is 2. The summed E-state index contributed by atoms with van der Waals surface area (Å²) in [4.78, 5) is 12.1. The van der Waals surface area contributed by atoms with Crippen LogP contribution in [0.2, 0.25) is 5.02 Å². The van der Waals surface area contributed by atoms with E-state index in [1.165, 1.54) is 12.1 Å². The number of nitrogens with one attached hydrogen (secondary N) is 2. The summed E-state index contributed by atoms with van der Waals surface area (Å²) in [5.41, 5.74) is 1.76. The van der Waals surface area contributed by atoms with Crippen LogP contribution in [-0.2, 0) is 6.54 Å². The summed E-state index contributed by atoms with van der Waals surface area (Å²) in [6.07, 6.45) is 0. The molecule has 0 aliphatic rings. The second-order valence-electron chi connectivity index (χ2n) is 5.25. The first-order valence-corrected chi connectivity index (χ1v) is 7.87. The van der Waals surface area contributed by atoms with E-state index in [1.54, 1.807) is 36.4 Å². The van der Waals surface area contributed by atoms with Crippen molar-refractivity contribution in [2.45, 2.75) is 6.54 Å². The maximum atomic E-state index is 12.8. The summed E-state index contributed by atoms with van der Waals surface area (Å²) in [6.45, 7) is 0.281. The summed E-state index contributed by atoms with van der Waals surface area (Å²) in [6, 6.07) is 16.3. The Labute approximate surface area is 148 Å². The Morgan fingerprint density at radius 1 is 1.04 bits per heavy atom. The van der Waals surface area contributed by atoms with Gasteiger partial charge in [0.15, 0.2) is 11.5 Å². The van der Waals surface area contributed by atoms with Crippen molar-refractivity contribution in [2.75, 3.05) is 5.32 Å².